The van der Waals surface area contributed by atoms with Crippen LogP contribution < -0.4 is 5.32 Å². The molecule has 1 aliphatic rings. The van der Waals surface area contributed by atoms with E-state index in [4.69, 9.17) is 4.74 Å². The van der Waals surface area contributed by atoms with Crippen LogP contribution in [0.15, 0.2) is 30.3 Å². The third kappa shape index (κ3) is 3.58. The van der Waals surface area contributed by atoms with Crippen molar-refractivity contribution >= 4 is 0 Å². The largest absolute Gasteiger partial charge is 0.394 e. The number of aliphatic hydroxyl groups excluding tert-OH is 1. The van der Waals surface area contributed by atoms with Crippen LogP contribution in [0.25, 0.3) is 0 Å². The van der Waals surface area contributed by atoms with Crippen LogP contribution in [0.4, 0.5) is 0 Å². The summed E-state index contributed by atoms with van der Waals surface area (Å²) in [6.07, 6.45) is 0.262. The average molecular weight is 278 g/mol. The Morgan fingerprint density at radius 2 is 2.15 bits per heavy atom. The van der Waals surface area contributed by atoms with Crippen molar-refractivity contribution in [2.75, 3.05) is 39.4 Å². The van der Waals surface area contributed by atoms with E-state index in [1.165, 1.54) is 0 Å². The minimum Gasteiger partial charge on any atom is -0.394 e. The molecule has 0 spiro atoms. The standard InChI is InChI=1S/C16H26N2O2/c1-3-17-16(13-19,15-7-5-4-6-8-15)12-18-9-10-20-14(2)11-18/h4-8,14,17,19H,3,9-13H2,1-2H3. The fraction of sp³-hybridized carbons (Fsp3) is 0.625. The Bertz CT molecular complexity index is 399. The van der Waals surface area contributed by atoms with Crippen LogP contribution in [-0.2, 0) is 10.3 Å². The van der Waals surface area contributed by atoms with Gasteiger partial charge in [-0.05, 0) is 19.0 Å². The van der Waals surface area contributed by atoms with Crippen molar-refractivity contribution < 1.29 is 9.84 Å². The van der Waals surface area contributed by atoms with Crippen LogP contribution in [0.2, 0.25) is 0 Å². The topological polar surface area (TPSA) is 44.7 Å². The molecular weight excluding hydrogens is 252 g/mol. The second-order valence-corrected chi connectivity index (χ2v) is 5.55. The molecular formula is C16H26N2O2. The third-order valence-electron chi connectivity index (χ3n) is 3.93. The molecule has 112 valence electrons. The second kappa shape index (κ2) is 7.18. The highest BCUT2D eigenvalue weighted by Crippen LogP contribution is 2.23. The molecule has 1 aromatic carbocycles. The van der Waals surface area contributed by atoms with E-state index in [1.807, 2.05) is 18.2 Å². The zero-order valence-corrected chi connectivity index (χ0v) is 12.5. The number of nitrogens with one attached hydrogen (secondary N) is 1. The van der Waals surface area contributed by atoms with Crippen LogP contribution in [0.3, 0.4) is 0 Å². The normalized spacial score (nSPS) is 23.4. The monoisotopic (exact) mass is 278 g/mol. The molecule has 2 atom stereocenters. The molecule has 0 aromatic heterocycles. The molecule has 2 N–H and O–H groups in total. The minimum absolute atomic E-state index is 0.0938. The molecule has 0 bridgehead atoms. The van der Waals surface area contributed by atoms with Gasteiger partial charge in [0.1, 0.15) is 0 Å². The zero-order valence-electron chi connectivity index (χ0n) is 12.5. The quantitative estimate of drug-likeness (QED) is 0.821. The number of likely N-dealkylation sites (N-methyl/N-ethyl adjacent to an activating group) is 1. The highest BCUT2D eigenvalue weighted by molar-refractivity contribution is 5.25. The smallest absolute Gasteiger partial charge is 0.0797 e. The van der Waals surface area contributed by atoms with E-state index in [0.29, 0.717) is 0 Å². The van der Waals surface area contributed by atoms with Crippen molar-refractivity contribution in [1.82, 2.24) is 10.2 Å². The molecule has 1 aliphatic heterocycles. The van der Waals surface area contributed by atoms with Gasteiger partial charge in [0.15, 0.2) is 0 Å². The molecule has 0 amide bonds. The van der Waals surface area contributed by atoms with E-state index in [2.05, 4.69) is 36.2 Å². The maximum Gasteiger partial charge on any atom is 0.0797 e. The van der Waals surface area contributed by atoms with Gasteiger partial charge in [-0.15, -0.1) is 0 Å². The van der Waals surface area contributed by atoms with Gasteiger partial charge in [0.05, 0.1) is 24.9 Å². The maximum atomic E-state index is 10.0. The van der Waals surface area contributed by atoms with Gasteiger partial charge in [0.25, 0.3) is 0 Å². The first kappa shape index (κ1) is 15.4. The van der Waals surface area contributed by atoms with Crippen molar-refractivity contribution in [3.8, 4) is 0 Å². The molecule has 1 fully saturated rings. The summed E-state index contributed by atoms with van der Waals surface area (Å²) in [6, 6.07) is 10.2. The van der Waals surface area contributed by atoms with E-state index in [0.717, 1.165) is 38.3 Å². The molecule has 1 heterocycles. The van der Waals surface area contributed by atoms with Crippen LogP contribution in [0, 0.1) is 0 Å². The number of rotatable bonds is 6. The summed E-state index contributed by atoms with van der Waals surface area (Å²) in [5, 5.41) is 13.5. The van der Waals surface area contributed by atoms with Gasteiger partial charge in [-0.1, -0.05) is 37.3 Å². The molecule has 1 saturated heterocycles. The number of ether oxygens (including phenoxy) is 1. The predicted molar refractivity (Wildman–Crippen MR) is 80.7 cm³/mol. The van der Waals surface area contributed by atoms with Crippen LogP contribution in [0.1, 0.15) is 19.4 Å². The fourth-order valence-corrected chi connectivity index (χ4v) is 2.96. The molecule has 4 nitrogen and oxygen atoms in total. The van der Waals surface area contributed by atoms with Crippen LogP contribution in [0.5, 0.6) is 0 Å². The first-order chi connectivity index (χ1) is 9.70. The lowest BCUT2D eigenvalue weighted by atomic mass is 9.89. The van der Waals surface area contributed by atoms with Gasteiger partial charge in [-0.25, -0.2) is 0 Å². The SMILES string of the molecule is CCNC(CO)(CN1CCOC(C)C1)c1ccccc1. The number of benzene rings is 1. The lowest BCUT2D eigenvalue weighted by Gasteiger charge is -2.41. The van der Waals surface area contributed by atoms with E-state index < -0.39 is 5.54 Å². The van der Waals surface area contributed by atoms with Gasteiger partial charge in [0, 0.05) is 19.6 Å². The number of nitrogens with zero attached hydrogens (tertiary/aromatic N) is 1. The molecule has 0 aliphatic carbocycles. The van der Waals surface area contributed by atoms with E-state index in [-0.39, 0.29) is 12.7 Å². The highest BCUT2D eigenvalue weighted by Gasteiger charge is 2.34. The molecule has 0 saturated carbocycles. The molecule has 1 aromatic rings. The minimum atomic E-state index is -0.396. The maximum absolute atomic E-state index is 10.0. The number of aliphatic hydroxyl groups is 1. The number of morpholine rings is 1. The van der Waals surface area contributed by atoms with Crippen LogP contribution in [-0.4, -0.2) is 55.5 Å². The van der Waals surface area contributed by atoms with Crippen molar-refractivity contribution in [1.29, 1.82) is 0 Å². The van der Waals surface area contributed by atoms with Gasteiger partial charge in [-0.2, -0.15) is 0 Å². The summed E-state index contributed by atoms with van der Waals surface area (Å²) < 4.78 is 5.60. The molecule has 0 radical (unpaired) electrons. The Kier molecular flexibility index (Phi) is 5.54. The summed E-state index contributed by atoms with van der Waals surface area (Å²) >= 11 is 0. The second-order valence-electron chi connectivity index (χ2n) is 5.55. The summed E-state index contributed by atoms with van der Waals surface area (Å²) in [5.41, 5.74) is 0.746. The van der Waals surface area contributed by atoms with E-state index in [1.54, 1.807) is 0 Å². The molecule has 20 heavy (non-hydrogen) atoms. The van der Waals surface area contributed by atoms with Gasteiger partial charge in [0.2, 0.25) is 0 Å². The van der Waals surface area contributed by atoms with Crippen LogP contribution >= 0.6 is 0 Å². The molecule has 2 rings (SSSR count). The summed E-state index contributed by atoms with van der Waals surface area (Å²) in [5.74, 6) is 0. The van der Waals surface area contributed by atoms with Gasteiger partial charge in [-0.3, -0.25) is 4.90 Å². The lowest BCUT2D eigenvalue weighted by molar-refractivity contribution is -0.0324. The van der Waals surface area contributed by atoms with Crippen molar-refractivity contribution in [2.45, 2.75) is 25.5 Å². The van der Waals surface area contributed by atoms with Crippen molar-refractivity contribution in [3.63, 3.8) is 0 Å². The first-order valence-electron chi connectivity index (χ1n) is 7.45. The summed E-state index contributed by atoms with van der Waals surface area (Å²) in [6.45, 7) is 8.51. The van der Waals surface area contributed by atoms with Gasteiger partial charge < -0.3 is 15.2 Å². The van der Waals surface area contributed by atoms with E-state index >= 15 is 0 Å². The highest BCUT2D eigenvalue weighted by atomic mass is 16.5. The fourth-order valence-electron chi connectivity index (χ4n) is 2.96. The lowest BCUT2D eigenvalue weighted by Crippen LogP contribution is -2.56. The number of hydrogen-bond donors (Lipinski definition) is 2. The summed E-state index contributed by atoms with van der Waals surface area (Å²) in [7, 11) is 0. The Morgan fingerprint density at radius 1 is 1.40 bits per heavy atom. The Morgan fingerprint density at radius 3 is 2.75 bits per heavy atom. The average Bonchev–Trinajstić information content (AvgIpc) is 2.48. The Labute approximate surface area is 121 Å². The third-order valence-corrected chi connectivity index (χ3v) is 3.93. The molecule has 4 heteroatoms. The zero-order chi connectivity index (χ0) is 14.4. The van der Waals surface area contributed by atoms with Crippen molar-refractivity contribution in [2.24, 2.45) is 0 Å². The Hall–Kier alpha value is -0.940. The summed E-state index contributed by atoms with van der Waals surface area (Å²) in [4.78, 5) is 2.38. The molecule has 2 unspecified atom stereocenters. The van der Waals surface area contributed by atoms with E-state index in [9.17, 15) is 5.11 Å². The predicted octanol–water partition coefficient (Wildman–Crippen LogP) is 1.20. The van der Waals surface area contributed by atoms with Crippen molar-refractivity contribution in [3.05, 3.63) is 35.9 Å². The van der Waals surface area contributed by atoms with Gasteiger partial charge >= 0.3 is 0 Å². The first-order valence-corrected chi connectivity index (χ1v) is 7.45. The number of hydrogen-bond acceptors (Lipinski definition) is 4. The Balaban J connectivity index is 2.18.